The van der Waals surface area contributed by atoms with Crippen molar-refractivity contribution in [3.05, 3.63) is 183 Å². The topological polar surface area (TPSA) is 254 Å². The number of carbonyl (C=O) groups excluding carboxylic acids is 4. The Bertz CT molecular complexity index is 3610. The largest absolute Gasteiger partial charge is 0.355 e. The Kier molecular flexibility index (Phi) is 26.6. The van der Waals surface area contributed by atoms with Crippen LogP contribution in [0.5, 0.6) is 0 Å². The molecule has 4 aliphatic rings. The summed E-state index contributed by atoms with van der Waals surface area (Å²) in [5.41, 5.74) is 10.5. The van der Waals surface area contributed by atoms with Gasteiger partial charge in [-0.05, 0) is 182 Å². The number of amides is 3. The van der Waals surface area contributed by atoms with Crippen LogP contribution in [0.25, 0.3) is 0 Å². The molecular weight excluding hydrogens is 1300 g/mol. The van der Waals surface area contributed by atoms with Gasteiger partial charge in [0.25, 0.3) is 0 Å². The number of piperazine rings is 2. The van der Waals surface area contributed by atoms with Crippen LogP contribution in [-0.4, -0.2) is 173 Å². The van der Waals surface area contributed by atoms with Crippen LogP contribution in [0.4, 0.5) is 33.8 Å². The average molecular weight is 1390 g/mol. The van der Waals surface area contributed by atoms with Crippen LogP contribution in [0.1, 0.15) is 142 Å². The van der Waals surface area contributed by atoms with E-state index in [4.69, 9.17) is 0 Å². The van der Waals surface area contributed by atoms with Crippen LogP contribution in [-0.2, 0) is 33.6 Å². The highest BCUT2D eigenvalue weighted by Crippen LogP contribution is 2.27. The summed E-state index contributed by atoms with van der Waals surface area (Å²) in [7, 11) is 0. The first kappa shape index (κ1) is 72.9. The summed E-state index contributed by atoms with van der Waals surface area (Å²) in [6.07, 6.45) is 11.8. The van der Waals surface area contributed by atoms with Crippen LogP contribution >= 0.6 is 15.9 Å². The molecule has 4 aliphatic heterocycles. The molecule has 2 atom stereocenters. The highest BCUT2D eigenvalue weighted by atomic mass is 79.9. The van der Waals surface area contributed by atoms with Crippen molar-refractivity contribution in [1.82, 2.24) is 70.5 Å². The smallest absolute Gasteiger partial charge is 0.322 e. The van der Waals surface area contributed by atoms with Crippen molar-refractivity contribution in [2.45, 2.75) is 132 Å². The van der Waals surface area contributed by atoms with Crippen molar-refractivity contribution in [3.63, 3.8) is 0 Å². The monoisotopic (exact) mass is 1390 g/mol. The number of nitrogens with one attached hydrogen (secondary N) is 1. The third-order valence-corrected chi connectivity index (χ3v) is 18.2. The maximum Gasteiger partial charge on any atom is 0.322 e. The molecule has 0 unspecified atom stereocenters. The van der Waals surface area contributed by atoms with Crippen molar-refractivity contribution in [1.29, 1.82) is 0 Å². The van der Waals surface area contributed by atoms with E-state index in [1.54, 1.807) is 12.4 Å². The molecule has 516 valence electrons. The van der Waals surface area contributed by atoms with Gasteiger partial charge in [-0.25, -0.2) is 9.78 Å². The summed E-state index contributed by atoms with van der Waals surface area (Å²) in [5, 5.41) is 36.2. The first-order valence-electron chi connectivity index (χ1n) is 34.2. The number of aryl methyl sites for hydroxylation is 4. The molecule has 8 aromatic rings. The van der Waals surface area contributed by atoms with Gasteiger partial charge < -0.3 is 34.7 Å². The number of pyridine rings is 4. The van der Waals surface area contributed by atoms with E-state index in [1.165, 1.54) is 0 Å². The standard InChI is InChI=1S/C20H26N4O.C19H25N5O.C18H24N6O.C17H19BrN4O/c1-14(2)19-6-5-16(12-21-19)10-18(25)11-17-8-9-24(13-17)20-7-4-15(3)22-23-20;1-14(2)17-6-5-16(13-20-17)12-19(25)24-10-8-23(9-11-24)18-7-4-15(3)21-22-18;1-13(2)16-6-5-15(12-19-16)20-18(25)24-10-8-23(9-11-24)17-7-4-14(3)21-22-17;1-12-2-5-17(21-20-12)22-7-6-14(11-22)9-15(23)8-13-3-4-16(18)19-10-13/h4-7,12,14,17H,8-11,13H2,1-3H3;4-7,13-14H,8-12H2,1-3H3;4-7,12-13H,8-11H2,1-3H3,(H,20,25);2-5,10,14H,6-9,11H2,1H3/t17-;;;14-/m1..1/s1. The van der Waals surface area contributed by atoms with Crippen molar-refractivity contribution in [3.8, 4) is 0 Å². The van der Waals surface area contributed by atoms with E-state index in [1.807, 2.05) is 147 Å². The predicted octanol–water partition coefficient (Wildman–Crippen LogP) is 11.2. The average Bonchev–Trinajstić information content (AvgIpc) is 1.27. The predicted molar refractivity (Wildman–Crippen MR) is 387 cm³/mol. The maximum absolute atomic E-state index is 12.5. The zero-order valence-electron chi connectivity index (χ0n) is 58.4. The Morgan fingerprint density at radius 3 is 1.12 bits per heavy atom. The number of urea groups is 1. The van der Waals surface area contributed by atoms with E-state index in [0.717, 1.165) is 155 Å². The lowest BCUT2D eigenvalue weighted by atomic mass is 9.98. The molecule has 98 heavy (non-hydrogen) atoms. The molecule has 4 fully saturated rings. The molecule has 3 amide bonds. The number of nitrogens with zero attached hydrogens (tertiary/aromatic N) is 18. The molecular formula is C74H94BrN19O4. The maximum atomic E-state index is 12.5. The fourth-order valence-corrected chi connectivity index (χ4v) is 12.0. The number of hydrogen-bond donors (Lipinski definition) is 1. The Morgan fingerprint density at radius 2 is 0.776 bits per heavy atom. The molecule has 0 aliphatic carbocycles. The van der Waals surface area contributed by atoms with Crippen molar-refractivity contribution < 1.29 is 19.2 Å². The Labute approximate surface area is 585 Å². The van der Waals surface area contributed by atoms with E-state index >= 15 is 0 Å². The van der Waals surface area contributed by atoms with Crippen LogP contribution in [0, 0.1) is 39.5 Å². The molecule has 0 saturated carbocycles. The van der Waals surface area contributed by atoms with E-state index in [2.05, 4.69) is 143 Å². The van der Waals surface area contributed by atoms with Gasteiger partial charge in [-0.15, -0.1) is 20.4 Å². The molecule has 12 heterocycles. The van der Waals surface area contributed by atoms with E-state index in [-0.39, 0.29) is 17.7 Å². The van der Waals surface area contributed by atoms with Crippen LogP contribution in [0.3, 0.4) is 0 Å². The summed E-state index contributed by atoms with van der Waals surface area (Å²) in [6.45, 7) is 29.8. The first-order chi connectivity index (χ1) is 47.2. The highest BCUT2D eigenvalue weighted by molar-refractivity contribution is 9.10. The van der Waals surface area contributed by atoms with Gasteiger partial charge in [0.2, 0.25) is 5.91 Å². The van der Waals surface area contributed by atoms with Gasteiger partial charge in [-0.3, -0.25) is 29.3 Å². The summed E-state index contributed by atoms with van der Waals surface area (Å²) >= 11 is 3.30. The minimum Gasteiger partial charge on any atom is -0.355 e. The quantitative estimate of drug-likeness (QED) is 0.0783. The summed E-state index contributed by atoms with van der Waals surface area (Å²) < 4.78 is 0.791. The molecule has 12 rings (SSSR count). The molecule has 0 radical (unpaired) electrons. The lowest BCUT2D eigenvalue weighted by Crippen LogP contribution is -2.50. The van der Waals surface area contributed by atoms with E-state index in [0.29, 0.717) is 93.7 Å². The lowest BCUT2D eigenvalue weighted by molar-refractivity contribution is -0.130. The number of halogens is 1. The third kappa shape index (κ3) is 22.4. The van der Waals surface area contributed by atoms with Crippen molar-refractivity contribution >= 4 is 68.4 Å². The molecule has 0 spiro atoms. The number of rotatable bonds is 18. The van der Waals surface area contributed by atoms with Crippen LogP contribution in [0.15, 0.2) is 126 Å². The molecule has 0 aromatic carbocycles. The van der Waals surface area contributed by atoms with Crippen LogP contribution in [0.2, 0.25) is 0 Å². The molecule has 23 nitrogen and oxygen atoms in total. The first-order valence-corrected chi connectivity index (χ1v) is 35.0. The Balaban J connectivity index is 0.000000153. The summed E-state index contributed by atoms with van der Waals surface area (Å²) in [4.78, 5) is 79.5. The molecule has 4 saturated heterocycles. The summed E-state index contributed by atoms with van der Waals surface area (Å²) in [5.74, 6) is 6.28. The lowest BCUT2D eigenvalue weighted by Gasteiger charge is -2.35. The number of ketones is 2. The van der Waals surface area contributed by atoms with Gasteiger partial charge in [0, 0.05) is 140 Å². The van der Waals surface area contributed by atoms with Crippen molar-refractivity contribution in [2.24, 2.45) is 11.8 Å². The number of Topliss-reactive ketones (excluding diaryl/α,β-unsaturated/α-hetero) is 2. The third-order valence-electron chi connectivity index (χ3n) is 17.7. The Morgan fingerprint density at radius 1 is 0.408 bits per heavy atom. The van der Waals surface area contributed by atoms with Gasteiger partial charge in [0.1, 0.15) is 16.2 Å². The van der Waals surface area contributed by atoms with Gasteiger partial charge in [-0.1, -0.05) is 59.7 Å². The SMILES string of the molecule is Cc1ccc(N2CCN(C(=O)Cc3ccc(C(C)C)nc3)CC2)nn1.Cc1ccc(N2CCN(C(=O)Nc3ccc(C(C)C)nc3)CC2)nn1.Cc1ccc(N2CC[C@H](CC(=O)Cc3ccc(Br)nc3)C2)nn1.Cc1ccc(N2CC[C@H](CC(=O)Cc3ccc(C(C)C)nc3)C2)nn1. The van der Waals surface area contributed by atoms with Crippen LogP contribution < -0.4 is 24.9 Å². The molecule has 1 N–H and O–H groups in total. The highest BCUT2D eigenvalue weighted by Gasteiger charge is 2.29. The zero-order valence-corrected chi connectivity index (χ0v) is 60.0. The minimum absolute atomic E-state index is 0.0891. The van der Waals surface area contributed by atoms with E-state index in [9.17, 15) is 19.2 Å². The van der Waals surface area contributed by atoms with Gasteiger partial charge in [0.05, 0.1) is 41.1 Å². The summed E-state index contributed by atoms with van der Waals surface area (Å²) in [6, 6.07) is 31.5. The Hall–Kier alpha value is -9.32. The van der Waals surface area contributed by atoms with Gasteiger partial charge >= 0.3 is 6.03 Å². The van der Waals surface area contributed by atoms with Gasteiger partial charge in [0.15, 0.2) is 23.3 Å². The van der Waals surface area contributed by atoms with E-state index < -0.39 is 0 Å². The fourth-order valence-electron chi connectivity index (χ4n) is 11.8. The number of aromatic nitrogens is 12. The molecule has 0 bridgehead atoms. The van der Waals surface area contributed by atoms with Gasteiger partial charge in [-0.2, -0.15) is 20.4 Å². The second-order valence-corrected chi connectivity index (χ2v) is 27.5. The normalized spacial score (nSPS) is 16.1. The second-order valence-electron chi connectivity index (χ2n) is 26.7. The molecule has 8 aromatic heterocycles. The van der Waals surface area contributed by atoms with Crippen molar-refractivity contribution in [2.75, 3.05) is 103 Å². The number of hydrogen-bond acceptors (Lipinski definition) is 20. The fraction of sp³-hybridized carbons (Fsp3) is 0.459. The molecule has 24 heteroatoms. The minimum atomic E-state index is -0.0891. The second kappa shape index (κ2) is 35.8. The zero-order chi connectivity index (χ0) is 69.7. The number of carbonyl (C=O) groups is 4. The number of anilines is 5.